The highest BCUT2D eigenvalue weighted by molar-refractivity contribution is 6.31. The monoisotopic (exact) mass is 374 g/mol. The Balaban J connectivity index is 1.60. The summed E-state index contributed by atoms with van der Waals surface area (Å²) in [7, 11) is 0. The lowest BCUT2D eigenvalue weighted by molar-refractivity contribution is -0.117. The molecular formula is C18H19ClN4O3. The summed E-state index contributed by atoms with van der Waals surface area (Å²) >= 11 is 5.99. The average Bonchev–Trinajstić information content (AvgIpc) is 3.28. The van der Waals surface area contributed by atoms with Crippen LogP contribution in [-0.4, -0.2) is 34.0 Å². The van der Waals surface area contributed by atoms with Crippen LogP contribution in [0.15, 0.2) is 45.5 Å². The number of aromatic nitrogens is 2. The van der Waals surface area contributed by atoms with Gasteiger partial charge in [0.05, 0.1) is 19.4 Å². The van der Waals surface area contributed by atoms with Crippen molar-refractivity contribution < 1.29 is 13.7 Å². The topological polar surface area (TPSA) is 84.4 Å². The van der Waals surface area contributed by atoms with E-state index in [0.717, 1.165) is 5.56 Å². The first kappa shape index (κ1) is 18.2. The van der Waals surface area contributed by atoms with Crippen LogP contribution in [-0.2, 0) is 11.3 Å². The van der Waals surface area contributed by atoms with E-state index in [-0.39, 0.29) is 12.5 Å². The molecule has 0 saturated carbocycles. The molecule has 0 spiro atoms. The zero-order valence-electron chi connectivity index (χ0n) is 14.5. The highest BCUT2D eigenvalue weighted by Gasteiger charge is 2.16. The van der Waals surface area contributed by atoms with Gasteiger partial charge in [0.25, 0.3) is 0 Å². The van der Waals surface area contributed by atoms with E-state index in [1.807, 2.05) is 24.8 Å². The number of carbonyl (C=O) groups excluding carboxylic acids is 1. The molecule has 8 heteroatoms. The fourth-order valence-corrected chi connectivity index (χ4v) is 2.59. The van der Waals surface area contributed by atoms with Gasteiger partial charge in [-0.3, -0.25) is 9.69 Å². The molecule has 136 valence electrons. The number of rotatable bonds is 7. The quantitative estimate of drug-likeness (QED) is 0.678. The van der Waals surface area contributed by atoms with Crippen LogP contribution in [0.2, 0.25) is 5.02 Å². The van der Waals surface area contributed by atoms with Crippen molar-refractivity contribution in [2.45, 2.75) is 20.4 Å². The second-order valence-corrected chi connectivity index (χ2v) is 6.24. The molecule has 3 aromatic rings. The summed E-state index contributed by atoms with van der Waals surface area (Å²) in [6.45, 7) is 5.09. The third-order valence-corrected chi connectivity index (χ3v) is 4.09. The predicted molar refractivity (Wildman–Crippen MR) is 97.8 cm³/mol. The Kier molecular flexibility index (Phi) is 5.70. The summed E-state index contributed by atoms with van der Waals surface area (Å²) in [6, 6.07) is 8.90. The summed E-state index contributed by atoms with van der Waals surface area (Å²) < 4.78 is 10.5. The van der Waals surface area contributed by atoms with Gasteiger partial charge in [-0.05, 0) is 43.3 Å². The van der Waals surface area contributed by atoms with Gasteiger partial charge in [0, 0.05) is 10.7 Å². The number of benzene rings is 1. The molecule has 2 heterocycles. The van der Waals surface area contributed by atoms with Crippen LogP contribution >= 0.6 is 11.6 Å². The SMILES string of the molecule is CCN(CC(=O)Nc1cc(Cl)ccc1C)Cc1nc(-c2ccco2)no1. The molecule has 0 unspecified atom stereocenters. The normalized spacial score (nSPS) is 11.1. The molecule has 0 radical (unpaired) electrons. The Bertz CT molecular complexity index is 876. The molecular weight excluding hydrogens is 356 g/mol. The van der Waals surface area contributed by atoms with Gasteiger partial charge in [0.1, 0.15) is 0 Å². The van der Waals surface area contributed by atoms with Crippen LogP contribution in [0.3, 0.4) is 0 Å². The van der Waals surface area contributed by atoms with Crippen molar-refractivity contribution >= 4 is 23.2 Å². The van der Waals surface area contributed by atoms with Gasteiger partial charge >= 0.3 is 0 Å². The van der Waals surface area contributed by atoms with Gasteiger partial charge < -0.3 is 14.3 Å². The number of nitrogens with one attached hydrogen (secondary N) is 1. The predicted octanol–water partition coefficient (Wildman–Crippen LogP) is 3.75. The number of nitrogens with zero attached hydrogens (tertiary/aromatic N) is 3. The molecule has 26 heavy (non-hydrogen) atoms. The van der Waals surface area contributed by atoms with Crippen LogP contribution in [0.1, 0.15) is 18.4 Å². The molecule has 0 aliphatic rings. The minimum atomic E-state index is -0.136. The van der Waals surface area contributed by atoms with E-state index in [2.05, 4.69) is 15.5 Å². The molecule has 0 atom stereocenters. The maximum absolute atomic E-state index is 12.3. The first-order chi connectivity index (χ1) is 12.5. The number of aryl methyl sites for hydroxylation is 1. The number of anilines is 1. The lowest BCUT2D eigenvalue weighted by Crippen LogP contribution is -2.33. The van der Waals surface area contributed by atoms with Crippen molar-refractivity contribution in [1.82, 2.24) is 15.0 Å². The highest BCUT2D eigenvalue weighted by Crippen LogP contribution is 2.20. The highest BCUT2D eigenvalue weighted by atomic mass is 35.5. The van der Waals surface area contributed by atoms with Gasteiger partial charge in [-0.25, -0.2) is 0 Å². The zero-order chi connectivity index (χ0) is 18.5. The van der Waals surface area contributed by atoms with Gasteiger partial charge in [0.15, 0.2) is 5.76 Å². The minimum absolute atomic E-state index is 0.136. The Hall–Kier alpha value is -2.64. The molecule has 0 fully saturated rings. The van der Waals surface area contributed by atoms with E-state index in [4.69, 9.17) is 20.5 Å². The molecule has 0 aliphatic carbocycles. The fraction of sp³-hybridized carbons (Fsp3) is 0.278. The summed E-state index contributed by atoms with van der Waals surface area (Å²) in [4.78, 5) is 18.5. The van der Waals surface area contributed by atoms with E-state index in [1.54, 1.807) is 30.5 Å². The van der Waals surface area contributed by atoms with Crippen molar-refractivity contribution in [2.24, 2.45) is 0 Å². The first-order valence-corrected chi connectivity index (χ1v) is 8.57. The molecule has 1 amide bonds. The maximum Gasteiger partial charge on any atom is 0.241 e. The van der Waals surface area contributed by atoms with Crippen LogP contribution < -0.4 is 5.32 Å². The summed E-state index contributed by atoms with van der Waals surface area (Å²) in [5, 5.41) is 7.35. The Morgan fingerprint density at radius 2 is 2.19 bits per heavy atom. The Labute approximate surface area is 155 Å². The maximum atomic E-state index is 12.3. The Morgan fingerprint density at radius 3 is 2.92 bits per heavy atom. The summed E-state index contributed by atoms with van der Waals surface area (Å²) in [6.07, 6.45) is 1.55. The van der Waals surface area contributed by atoms with Crippen molar-refractivity contribution in [3.05, 3.63) is 53.1 Å². The van der Waals surface area contributed by atoms with E-state index in [9.17, 15) is 4.79 Å². The third-order valence-electron chi connectivity index (χ3n) is 3.86. The third kappa shape index (κ3) is 4.50. The van der Waals surface area contributed by atoms with Gasteiger partial charge in [0.2, 0.25) is 17.6 Å². The molecule has 1 aromatic carbocycles. The number of halogens is 1. The van der Waals surface area contributed by atoms with Crippen molar-refractivity contribution in [1.29, 1.82) is 0 Å². The zero-order valence-corrected chi connectivity index (χ0v) is 15.3. The lowest BCUT2D eigenvalue weighted by Gasteiger charge is -2.18. The van der Waals surface area contributed by atoms with Crippen molar-refractivity contribution in [3.63, 3.8) is 0 Å². The van der Waals surface area contributed by atoms with E-state index in [1.165, 1.54) is 0 Å². The number of hydrogen-bond acceptors (Lipinski definition) is 6. The smallest absolute Gasteiger partial charge is 0.241 e. The first-order valence-electron chi connectivity index (χ1n) is 8.20. The van der Waals surface area contributed by atoms with Crippen LogP contribution in [0, 0.1) is 6.92 Å². The molecule has 0 saturated heterocycles. The molecule has 0 aliphatic heterocycles. The van der Waals surface area contributed by atoms with Crippen molar-refractivity contribution in [2.75, 3.05) is 18.4 Å². The van der Waals surface area contributed by atoms with Crippen LogP contribution in [0.5, 0.6) is 0 Å². The van der Waals surface area contributed by atoms with Crippen LogP contribution in [0.4, 0.5) is 5.69 Å². The summed E-state index contributed by atoms with van der Waals surface area (Å²) in [5.41, 5.74) is 1.65. The second-order valence-electron chi connectivity index (χ2n) is 5.80. The molecule has 3 rings (SSSR count). The van der Waals surface area contributed by atoms with E-state index >= 15 is 0 Å². The largest absolute Gasteiger partial charge is 0.461 e. The number of hydrogen-bond donors (Lipinski definition) is 1. The number of amides is 1. The summed E-state index contributed by atoms with van der Waals surface area (Å²) in [5.74, 6) is 1.21. The van der Waals surface area contributed by atoms with E-state index in [0.29, 0.717) is 41.3 Å². The molecule has 2 aromatic heterocycles. The standard InChI is InChI=1S/C18H19ClN4O3/c1-3-23(10-16(24)20-14-9-13(19)7-6-12(14)2)11-17-21-18(22-26-17)15-5-4-8-25-15/h4-9H,3,10-11H2,1-2H3,(H,20,24). The fourth-order valence-electron chi connectivity index (χ4n) is 2.42. The van der Waals surface area contributed by atoms with Crippen LogP contribution in [0.25, 0.3) is 11.6 Å². The average molecular weight is 375 g/mol. The Morgan fingerprint density at radius 1 is 1.35 bits per heavy atom. The van der Waals surface area contributed by atoms with Gasteiger partial charge in [-0.2, -0.15) is 4.98 Å². The minimum Gasteiger partial charge on any atom is -0.461 e. The molecule has 7 nitrogen and oxygen atoms in total. The second kappa shape index (κ2) is 8.16. The number of furan rings is 1. The number of carbonyl (C=O) groups is 1. The van der Waals surface area contributed by atoms with E-state index < -0.39 is 0 Å². The number of likely N-dealkylation sites (N-methyl/N-ethyl adjacent to an activating group) is 1. The molecule has 1 N–H and O–H groups in total. The van der Waals surface area contributed by atoms with Crippen molar-refractivity contribution in [3.8, 4) is 11.6 Å². The van der Waals surface area contributed by atoms with Gasteiger partial charge in [-0.15, -0.1) is 0 Å². The lowest BCUT2D eigenvalue weighted by atomic mass is 10.2. The van der Waals surface area contributed by atoms with Gasteiger partial charge in [-0.1, -0.05) is 29.7 Å². The molecule has 0 bridgehead atoms.